The molecule has 1 fully saturated rings. The first kappa shape index (κ1) is 17.2. The van der Waals surface area contributed by atoms with Crippen LogP contribution in [0, 0.1) is 12.7 Å². The van der Waals surface area contributed by atoms with Gasteiger partial charge in [-0.1, -0.05) is 30.2 Å². The van der Waals surface area contributed by atoms with Gasteiger partial charge in [-0.05, 0) is 80.2 Å². The molecule has 0 bridgehead atoms. The summed E-state index contributed by atoms with van der Waals surface area (Å²) in [6.45, 7) is 5.22. The van der Waals surface area contributed by atoms with Crippen molar-refractivity contribution in [1.82, 2.24) is 4.90 Å². The number of rotatable bonds is 5. The van der Waals surface area contributed by atoms with Crippen LogP contribution in [0.5, 0.6) is 0 Å². The van der Waals surface area contributed by atoms with Crippen LogP contribution in [0.2, 0.25) is 5.02 Å². The van der Waals surface area contributed by atoms with Crippen LogP contribution in [0.4, 0.5) is 10.1 Å². The normalized spacial score (nSPS) is 15.5. The van der Waals surface area contributed by atoms with Crippen LogP contribution in [0.1, 0.15) is 36.0 Å². The number of nitrogens with one attached hydrogen (secondary N) is 1. The molecule has 24 heavy (non-hydrogen) atoms. The molecule has 3 rings (SSSR count). The molecule has 2 nitrogen and oxygen atoms in total. The average Bonchev–Trinajstić information content (AvgIpc) is 2.57. The van der Waals surface area contributed by atoms with Gasteiger partial charge in [0, 0.05) is 0 Å². The van der Waals surface area contributed by atoms with Crippen molar-refractivity contribution in [3.8, 4) is 0 Å². The number of benzene rings is 2. The van der Waals surface area contributed by atoms with E-state index >= 15 is 0 Å². The molecule has 2 aromatic rings. The van der Waals surface area contributed by atoms with E-state index in [9.17, 15) is 4.39 Å². The molecule has 0 unspecified atom stereocenters. The minimum absolute atomic E-state index is 0.198. The fourth-order valence-electron chi connectivity index (χ4n) is 3.23. The standard InChI is InChI=1S/C20H24ClFN2/c1-15-10-20(23-14-24-8-3-2-4-9-24)19(21)13-17(15)11-16-6-5-7-18(22)12-16/h5-7,10,12-13,23H,2-4,8-9,11,14H2,1H3. The van der Waals surface area contributed by atoms with Gasteiger partial charge in [0.1, 0.15) is 5.82 Å². The maximum absolute atomic E-state index is 13.4. The SMILES string of the molecule is Cc1cc(NCN2CCCCC2)c(Cl)cc1Cc1cccc(F)c1. The van der Waals surface area contributed by atoms with Crippen molar-refractivity contribution in [3.05, 3.63) is 63.9 Å². The lowest BCUT2D eigenvalue weighted by Crippen LogP contribution is -2.34. The van der Waals surface area contributed by atoms with Crippen molar-refractivity contribution in [2.24, 2.45) is 0 Å². The highest BCUT2D eigenvalue weighted by atomic mass is 35.5. The number of hydrogen-bond donors (Lipinski definition) is 1. The third-order valence-corrected chi connectivity index (χ3v) is 4.96. The topological polar surface area (TPSA) is 15.3 Å². The monoisotopic (exact) mass is 346 g/mol. The second kappa shape index (κ2) is 8.00. The second-order valence-electron chi connectivity index (χ2n) is 6.58. The number of piperidine rings is 1. The van der Waals surface area contributed by atoms with E-state index < -0.39 is 0 Å². The van der Waals surface area contributed by atoms with Gasteiger partial charge in [-0.15, -0.1) is 0 Å². The van der Waals surface area contributed by atoms with Crippen LogP contribution >= 0.6 is 11.6 Å². The Morgan fingerprint density at radius 2 is 1.92 bits per heavy atom. The molecule has 2 aromatic carbocycles. The van der Waals surface area contributed by atoms with Gasteiger partial charge in [-0.25, -0.2) is 4.39 Å². The van der Waals surface area contributed by atoms with Gasteiger partial charge in [-0.2, -0.15) is 0 Å². The Kier molecular flexibility index (Phi) is 5.75. The van der Waals surface area contributed by atoms with Crippen molar-refractivity contribution in [2.45, 2.75) is 32.6 Å². The van der Waals surface area contributed by atoms with Crippen molar-refractivity contribution in [3.63, 3.8) is 0 Å². The number of hydrogen-bond acceptors (Lipinski definition) is 2. The lowest BCUT2D eigenvalue weighted by molar-refractivity contribution is 0.244. The summed E-state index contributed by atoms with van der Waals surface area (Å²) < 4.78 is 13.4. The first-order chi connectivity index (χ1) is 11.6. The summed E-state index contributed by atoms with van der Waals surface area (Å²) in [5.41, 5.74) is 4.24. The zero-order valence-corrected chi connectivity index (χ0v) is 14.9. The highest BCUT2D eigenvalue weighted by Gasteiger charge is 2.11. The molecular formula is C20H24ClFN2. The molecule has 0 spiro atoms. The molecule has 1 aliphatic rings. The molecule has 1 N–H and O–H groups in total. The first-order valence-corrected chi connectivity index (χ1v) is 8.99. The van der Waals surface area contributed by atoms with Gasteiger partial charge < -0.3 is 5.32 Å². The predicted molar refractivity (Wildman–Crippen MR) is 99.3 cm³/mol. The van der Waals surface area contributed by atoms with Crippen LogP contribution in [0.25, 0.3) is 0 Å². The maximum atomic E-state index is 13.4. The Labute approximate surface area is 148 Å². The largest absolute Gasteiger partial charge is 0.371 e. The van der Waals surface area contributed by atoms with Crippen LogP contribution in [0.15, 0.2) is 36.4 Å². The number of halogens is 2. The fraction of sp³-hybridized carbons (Fsp3) is 0.400. The molecule has 0 saturated carbocycles. The van der Waals surface area contributed by atoms with E-state index in [0.717, 1.165) is 41.6 Å². The Hall–Kier alpha value is -1.58. The summed E-state index contributed by atoms with van der Waals surface area (Å²) >= 11 is 6.46. The molecule has 0 amide bonds. The molecule has 1 saturated heterocycles. The Bertz CT molecular complexity index is 696. The van der Waals surface area contributed by atoms with Gasteiger partial charge in [0.25, 0.3) is 0 Å². The lowest BCUT2D eigenvalue weighted by atomic mass is 10.00. The maximum Gasteiger partial charge on any atom is 0.123 e. The average molecular weight is 347 g/mol. The first-order valence-electron chi connectivity index (χ1n) is 8.61. The van der Waals surface area contributed by atoms with Gasteiger partial charge in [-0.3, -0.25) is 4.90 Å². The van der Waals surface area contributed by atoms with Crippen molar-refractivity contribution in [2.75, 3.05) is 25.1 Å². The van der Waals surface area contributed by atoms with E-state index in [4.69, 9.17) is 11.6 Å². The minimum Gasteiger partial charge on any atom is -0.371 e. The lowest BCUT2D eigenvalue weighted by Gasteiger charge is -2.27. The summed E-state index contributed by atoms with van der Waals surface area (Å²) in [6.07, 6.45) is 4.59. The van der Waals surface area contributed by atoms with Crippen molar-refractivity contribution < 1.29 is 4.39 Å². The molecule has 128 valence electrons. The Morgan fingerprint density at radius 3 is 2.67 bits per heavy atom. The number of nitrogens with zero attached hydrogens (tertiary/aromatic N) is 1. The fourth-order valence-corrected chi connectivity index (χ4v) is 3.48. The molecule has 0 atom stereocenters. The van der Waals surface area contributed by atoms with Crippen LogP contribution < -0.4 is 5.32 Å². The molecule has 4 heteroatoms. The Morgan fingerprint density at radius 1 is 1.12 bits per heavy atom. The number of anilines is 1. The zero-order valence-electron chi connectivity index (χ0n) is 14.1. The van der Waals surface area contributed by atoms with E-state index in [1.54, 1.807) is 12.1 Å². The molecule has 0 aromatic heterocycles. The number of likely N-dealkylation sites (tertiary alicyclic amines) is 1. The van der Waals surface area contributed by atoms with Gasteiger partial charge in [0.2, 0.25) is 0 Å². The molecule has 0 aliphatic carbocycles. The summed E-state index contributed by atoms with van der Waals surface area (Å²) in [5.74, 6) is -0.198. The van der Waals surface area contributed by atoms with Gasteiger partial charge >= 0.3 is 0 Å². The molecule has 0 radical (unpaired) electrons. The predicted octanol–water partition coefficient (Wildman–Crippen LogP) is 5.23. The molecule has 1 aliphatic heterocycles. The third kappa shape index (κ3) is 4.49. The summed E-state index contributed by atoms with van der Waals surface area (Å²) in [4.78, 5) is 2.43. The smallest absolute Gasteiger partial charge is 0.123 e. The minimum atomic E-state index is -0.198. The quantitative estimate of drug-likeness (QED) is 0.797. The van der Waals surface area contributed by atoms with E-state index in [-0.39, 0.29) is 5.82 Å². The Balaban J connectivity index is 1.68. The van der Waals surface area contributed by atoms with E-state index in [0.29, 0.717) is 6.42 Å². The molecule has 1 heterocycles. The van der Waals surface area contributed by atoms with Crippen LogP contribution in [-0.2, 0) is 6.42 Å². The third-order valence-electron chi connectivity index (χ3n) is 4.65. The second-order valence-corrected chi connectivity index (χ2v) is 6.99. The summed E-state index contributed by atoms with van der Waals surface area (Å²) in [5, 5.41) is 4.18. The number of aryl methyl sites for hydroxylation is 1. The van der Waals surface area contributed by atoms with E-state index in [1.165, 1.54) is 30.9 Å². The van der Waals surface area contributed by atoms with E-state index in [1.807, 2.05) is 12.1 Å². The highest BCUT2D eigenvalue weighted by Crippen LogP contribution is 2.28. The van der Waals surface area contributed by atoms with Crippen molar-refractivity contribution >= 4 is 17.3 Å². The summed E-state index contributed by atoms with van der Waals surface area (Å²) in [6, 6.07) is 10.8. The van der Waals surface area contributed by atoms with Gasteiger partial charge in [0.15, 0.2) is 0 Å². The van der Waals surface area contributed by atoms with Crippen LogP contribution in [-0.4, -0.2) is 24.7 Å². The van der Waals surface area contributed by atoms with Crippen molar-refractivity contribution in [1.29, 1.82) is 0 Å². The molecular weight excluding hydrogens is 323 g/mol. The summed E-state index contributed by atoms with van der Waals surface area (Å²) in [7, 11) is 0. The highest BCUT2D eigenvalue weighted by molar-refractivity contribution is 6.33. The van der Waals surface area contributed by atoms with E-state index in [2.05, 4.69) is 23.2 Å². The van der Waals surface area contributed by atoms with Crippen LogP contribution in [0.3, 0.4) is 0 Å². The van der Waals surface area contributed by atoms with Gasteiger partial charge in [0.05, 0.1) is 17.4 Å². The zero-order chi connectivity index (χ0) is 16.9.